The molecule has 2 N–H and O–H groups in total. The van der Waals surface area contributed by atoms with E-state index in [2.05, 4.69) is 53.0 Å². The van der Waals surface area contributed by atoms with E-state index in [0.717, 1.165) is 23.2 Å². The summed E-state index contributed by atoms with van der Waals surface area (Å²) in [6.45, 7) is 6.22. The van der Waals surface area contributed by atoms with Crippen LogP contribution in [0.15, 0.2) is 64.7 Å². The van der Waals surface area contributed by atoms with E-state index in [1.807, 2.05) is 24.3 Å². The van der Waals surface area contributed by atoms with Crippen LogP contribution in [0.4, 0.5) is 0 Å². The number of benzene rings is 2. The first kappa shape index (κ1) is 19.8. The van der Waals surface area contributed by atoms with Gasteiger partial charge in [0.15, 0.2) is 0 Å². The smallest absolute Gasteiger partial charge is 0.276 e. The van der Waals surface area contributed by atoms with Gasteiger partial charge in [-0.05, 0) is 35.6 Å². The first-order valence-electron chi connectivity index (χ1n) is 9.18. The van der Waals surface area contributed by atoms with Gasteiger partial charge in [-0.15, -0.1) is 0 Å². The molecule has 0 aliphatic carbocycles. The van der Waals surface area contributed by atoms with Crippen molar-refractivity contribution in [1.29, 1.82) is 0 Å². The second kappa shape index (κ2) is 8.39. The maximum atomic E-state index is 12.4. The minimum Gasteiger partial charge on any atom is -0.277 e. The summed E-state index contributed by atoms with van der Waals surface area (Å²) in [7, 11) is -3.72. The third kappa shape index (κ3) is 4.48. The minimum absolute atomic E-state index is 0.177. The van der Waals surface area contributed by atoms with Gasteiger partial charge in [0.2, 0.25) is 0 Å². The summed E-state index contributed by atoms with van der Waals surface area (Å²) in [5, 5.41) is 10.9. The van der Waals surface area contributed by atoms with Crippen molar-refractivity contribution in [2.45, 2.75) is 38.0 Å². The molecule has 0 radical (unpaired) electrons. The maximum Gasteiger partial charge on any atom is 0.276 e. The summed E-state index contributed by atoms with van der Waals surface area (Å²) in [6.07, 6.45) is 4.03. The Labute approximate surface area is 165 Å². The third-order valence-electron chi connectivity index (χ3n) is 4.55. The van der Waals surface area contributed by atoms with Crippen LogP contribution in [0, 0.1) is 0 Å². The molecule has 1 aromatic heterocycles. The van der Waals surface area contributed by atoms with E-state index in [1.54, 1.807) is 18.3 Å². The van der Waals surface area contributed by atoms with Gasteiger partial charge in [-0.2, -0.15) is 18.6 Å². The fourth-order valence-corrected chi connectivity index (χ4v) is 3.57. The number of nitrogens with one attached hydrogen (secondary N) is 2. The third-order valence-corrected chi connectivity index (χ3v) is 5.79. The number of nitrogens with zero attached hydrogens (tertiary/aromatic N) is 2. The Bertz CT molecular complexity index is 1050. The summed E-state index contributed by atoms with van der Waals surface area (Å²) in [5.41, 5.74) is 4.77. The summed E-state index contributed by atoms with van der Waals surface area (Å²) >= 11 is 0. The molecule has 0 saturated heterocycles. The van der Waals surface area contributed by atoms with E-state index < -0.39 is 10.0 Å². The molecule has 0 amide bonds. The molecule has 1 heterocycles. The SMILES string of the molecule is CCc1ccc(-c2[nH]ncc2/C=N/NS(=O)(=O)c2ccc(C(C)C)cc2)cc1. The lowest BCUT2D eigenvalue weighted by Gasteiger charge is -2.07. The van der Waals surface area contributed by atoms with Gasteiger partial charge >= 0.3 is 0 Å². The number of aromatic amines is 1. The van der Waals surface area contributed by atoms with Gasteiger partial charge in [0.05, 0.1) is 23.0 Å². The Morgan fingerprint density at radius 1 is 1.11 bits per heavy atom. The van der Waals surface area contributed by atoms with Crippen molar-refractivity contribution in [3.05, 3.63) is 71.4 Å². The van der Waals surface area contributed by atoms with Crippen molar-refractivity contribution < 1.29 is 8.42 Å². The fourth-order valence-electron chi connectivity index (χ4n) is 2.78. The van der Waals surface area contributed by atoms with E-state index >= 15 is 0 Å². The Morgan fingerprint density at radius 3 is 2.39 bits per heavy atom. The van der Waals surface area contributed by atoms with E-state index in [4.69, 9.17) is 0 Å². The molecule has 28 heavy (non-hydrogen) atoms. The average Bonchev–Trinajstić information content (AvgIpc) is 3.16. The number of hydrogen-bond donors (Lipinski definition) is 2. The molecule has 146 valence electrons. The van der Waals surface area contributed by atoms with Crippen LogP contribution < -0.4 is 4.83 Å². The highest BCUT2D eigenvalue weighted by molar-refractivity contribution is 7.89. The number of H-pyrrole nitrogens is 1. The van der Waals surface area contributed by atoms with Gasteiger partial charge in [0.25, 0.3) is 10.0 Å². The van der Waals surface area contributed by atoms with Crippen LogP contribution in [-0.4, -0.2) is 24.8 Å². The number of rotatable bonds is 7. The average molecular weight is 397 g/mol. The molecule has 7 heteroatoms. The van der Waals surface area contributed by atoms with Crippen LogP contribution in [0.2, 0.25) is 0 Å². The van der Waals surface area contributed by atoms with Gasteiger partial charge in [-0.3, -0.25) is 5.10 Å². The summed E-state index contributed by atoms with van der Waals surface area (Å²) in [5.74, 6) is 0.341. The normalized spacial score (nSPS) is 12.0. The first-order valence-corrected chi connectivity index (χ1v) is 10.7. The second-order valence-corrected chi connectivity index (χ2v) is 8.49. The molecule has 0 fully saturated rings. The Balaban J connectivity index is 1.75. The predicted octanol–water partition coefficient (Wildman–Crippen LogP) is 4.07. The summed E-state index contributed by atoms with van der Waals surface area (Å²) in [4.78, 5) is 2.44. The van der Waals surface area contributed by atoms with Crippen molar-refractivity contribution in [1.82, 2.24) is 15.0 Å². The lowest BCUT2D eigenvalue weighted by Crippen LogP contribution is -2.18. The van der Waals surface area contributed by atoms with Crippen LogP contribution >= 0.6 is 0 Å². The number of hydrogen-bond acceptors (Lipinski definition) is 4. The highest BCUT2D eigenvalue weighted by Crippen LogP contribution is 2.21. The van der Waals surface area contributed by atoms with Crippen molar-refractivity contribution in [2.24, 2.45) is 5.10 Å². The van der Waals surface area contributed by atoms with Crippen LogP contribution in [0.1, 0.15) is 43.4 Å². The van der Waals surface area contributed by atoms with E-state index in [9.17, 15) is 8.42 Å². The molecule has 0 unspecified atom stereocenters. The Hall–Kier alpha value is -2.93. The summed E-state index contributed by atoms with van der Waals surface area (Å²) in [6, 6.07) is 14.9. The molecular formula is C21H24N4O2S. The monoisotopic (exact) mass is 396 g/mol. The number of hydrazone groups is 1. The van der Waals surface area contributed by atoms with Gasteiger partial charge in [0, 0.05) is 11.1 Å². The van der Waals surface area contributed by atoms with Gasteiger partial charge < -0.3 is 0 Å². The topological polar surface area (TPSA) is 87.2 Å². The molecular weight excluding hydrogens is 372 g/mol. The highest BCUT2D eigenvalue weighted by Gasteiger charge is 2.13. The van der Waals surface area contributed by atoms with Gasteiger partial charge in [-0.25, -0.2) is 4.83 Å². The number of sulfonamides is 1. The number of aromatic nitrogens is 2. The minimum atomic E-state index is -3.72. The molecule has 0 atom stereocenters. The van der Waals surface area contributed by atoms with E-state index in [1.165, 1.54) is 11.8 Å². The number of aryl methyl sites for hydroxylation is 1. The molecule has 0 saturated carbocycles. The predicted molar refractivity (Wildman–Crippen MR) is 112 cm³/mol. The zero-order valence-corrected chi connectivity index (χ0v) is 17.0. The van der Waals surface area contributed by atoms with Crippen molar-refractivity contribution in [3.8, 4) is 11.3 Å². The van der Waals surface area contributed by atoms with Crippen LogP contribution in [0.3, 0.4) is 0 Å². The molecule has 0 aliphatic heterocycles. The standard InChI is InChI=1S/C21H24N4O2S/c1-4-16-5-7-18(8-6-16)21-19(13-22-24-21)14-23-25-28(26,27)20-11-9-17(10-12-20)15(2)3/h5-15,25H,4H2,1-3H3,(H,22,24)/b23-14+. The molecule has 3 aromatic rings. The zero-order valence-electron chi connectivity index (χ0n) is 16.2. The largest absolute Gasteiger partial charge is 0.277 e. The molecule has 3 rings (SSSR count). The quantitative estimate of drug-likeness (QED) is 0.466. The van der Waals surface area contributed by atoms with Crippen molar-refractivity contribution in [3.63, 3.8) is 0 Å². The summed E-state index contributed by atoms with van der Waals surface area (Å²) < 4.78 is 24.8. The second-order valence-electron chi connectivity index (χ2n) is 6.83. The molecule has 2 aromatic carbocycles. The molecule has 0 aliphatic rings. The molecule has 0 spiro atoms. The van der Waals surface area contributed by atoms with E-state index in [0.29, 0.717) is 11.5 Å². The highest BCUT2D eigenvalue weighted by atomic mass is 32.2. The van der Waals surface area contributed by atoms with Crippen LogP contribution in [0.5, 0.6) is 0 Å². The van der Waals surface area contributed by atoms with Crippen molar-refractivity contribution in [2.75, 3.05) is 0 Å². The van der Waals surface area contributed by atoms with Gasteiger partial charge in [0.1, 0.15) is 0 Å². The maximum absolute atomic E-state index is 12.4. The zero-order chi connectivity index (χ0) is 20.1. The van der Waals surface area contributed by atoms with Crippen LogP contribution in [-0.2, 0) is 16.4 Å². The van der Waals surface area contributed by atoms with Crippen molar-refractivity contribution >= 4 is 16.2 Å². The Morgan fingerprint density at radius 2 is 1.79 bits per heavy atom. The fraction of sp³-hybridized carbons (Fsp3) is 0.238. The Kier molecular flexibility index (Phi) is 5.94. The lowest BCUT2D eigenvalue weighted by molar-refractivity contribution is 0.584. The van der Waals surface area contributed by atoms with E-state index in [-0.39, 0.29) is 4.90 Å². The van der Waals surface area contributed by atoms with Crippen LogP contribution in [0.25, 0.3) is 11.3 Å². The lowest BCUT2D eigenvalue weighted by atomic mass is 10.0. The molecule has 0 bridgehead atoms. The van der Waals surface area contributed by atoms with Gasteiger partial charge in [-0.1, -0.05) is 57.2 Å². The molecule has 6 nitrogen and oxygen atoms in total. The first-order chi connectivity index (χ1) is 13.4.